The van der Waals surface area contributed by atoms with Gasteiger partial charge in [-0.3, -0.25) is 14.4 Å². The number of aliphatic imine (C=N–C) groups is 1. The molecule has 0 bridgehead atoms. The molecule has 4 aromatic carbocycles. The second kappa shape index (κ2) is 13.4. The Kier molecular flexibility index (Phi) is 8.82. The van der Waals surface area contributed by atoms with Crippen molar-refractivity contribution >= 4 is 35.2 Å². The number of hydrogen-bond acceptors (Lipinski definition) is 5. The monoisotopic (exact) mass is 619 g/mol. The molecule has 0 saturated carbocycles. The molecule has 5 amide bonds. The van der Waals surface area contributed by atoms with Crippen LogP contribution in [0, 0.1) is 5.82 Å². The molecule has 0 spiro atoms. The van der Waals surface area contributed by atoms with Crippen LogP contribution in [-0.4, -0.2) is 58.9 Å². The highest BCUT2D eigenvalue weighted by Crippen LogP contribution is 2.29. The van der Waals surface area contributed by atoms with E-state index in [-0.39, 0.29) is 48.3 Å². The Morgan fingerprint density at radius 3 is 2.35 bits per heavy atom. The van der Waals surface area contributed by atoms with Crippen molar-refractivity contribution in [2.75, 3.05) is 25.0 Å². The Morgan fingerprint density at radius 1 is 0.870 bits per heavy atom. The van der Waals surface area contributed by atoms with Crippen molar-refractivity contribution in [2.24, 2.45) is 4.99 Å². The molecule has 2 fully saturated rings. The van der Waals surface area contributed by atoms with E-state index in [9.17, 15) is 23.6 Å². The molecule has 0 unspecified atom stereocenters. The van der Waals surface area contributed by atoms with Crippen LogP contribution in [0.3, 0.4) is 0 Å². The molecule has 2 aliphatic heterocycles. The summed E-state index contributed by atoms with van der Waals surface area (Å²) in [4.78, 5) is 58.4. The van der Waals surface area contributed by atoms with Gasteiger partial charge in [0.15, 0.2) is 0 Å². The molecule has 2 aliphatic rings. The molecule has 2 saturated heterocycles. The minimum Gasteiger partial charge on any atom is -0.457 e. The van der Waals surface area contributed by atoms with Crippen molar-refractivity contribution in [1.82, 2.24) is 15.1 Å². The number of hydrogen-bond donors (Lipinski definition) is 2. The first-order valence-electron chi connectivity index (χ1n) is 14.7. The van der Waals surface area contributed by atoms with Crippen LogP contribution in [-0.2, 0) is 17.9 Å². The van der Waals surface area contributed by atoms with Crippen LogP contribution in [0.2, 0.25) is 0 Å². The van der Waals surface area contributed by atoms with Gasteiger partial charge in [-0.2, -0.15) is 0 Å². The van der Waals surface area contributed by atoms with E-state index >= 15 is 0 Å². The molecule has 0 aromatic heterocycles. The van der Waals surface area contributed by atoms with Crippen LogP contribution in [0.5, 0.6) is 11.5 Å². The number of benzene rings is 4. The molecule has 0 radical (unpaired) electrons. The predicted octanol–water partition coefficient (Wildman–Crippen LogP) is 5.41. The fourth-order valence-corrected chi connectivity index (χ4v) is 5.22. The number of halogens is 1. The normalized spacial score (nSPS) is 15.3. The molecular weight excluding hydrogens is 589 g/mol. The SMILES string of the molecule is O=C(N=C1CC(=O)N(Cc2ccccc2)C1)c1ccc(CN2CCNC2=O)c(Oc2ccc(C(=O)Nc3ccccc3F)cc2)c1. The summed E-state index contributed by atoms with van der Waals surface area (Å²) < 4.78 is 20.2. The number of nitrogens with zero attached hydrogens (tertiary/aromatic N) is 3. The van der Waals surface area contributed by atoms with Gasteiger partial charge >= 0.3 is 6.03 Å². The van der Waals surface area contributed by atoms with Gasteiger partial charge in [-0.15, -0.1) is 0 Å². The third kappa shape index (κ3) is 7.10. The number of para-hydroxylation sites is 1. The van der Waals surface area contributed by atoms with Gasteiger partial charge in [-0.1, -0.05) is 48.5 Å². The van der Waals surface area contributed by atoms with Crippen LogP contribution < -0.4 is 15.4 Å². The molecule has 232 valence electrons. The zero-order chi connectivity index (χ0) is 32.0. The van der Waals surface area contributed by atoms with Gasteiger partial charge < -0.3 is 25.2 Å². The molecule has 2 heterocycles. The summed E-state index contributed by atoms with van der Waals surface area (Å²) in [5.74, 6) is -0.925. The molecule has 2 N–H and O–H groups in total. The Labute approximate surface area is 264 Å². The smallest absolute Gasteiger partial charge is 0.317 e. The number of urea groups is 1. The largest absolute Gasteiger partial charge is 0.457 e. The maximum absolute atomic E-state index is 14.0. The second-order valence-electron chi connectivity index (χ2n) is 10.9. The lowest BCUT2D eigenvalue weighted by atomic mass is 10.1. The van der Waals surface area contributed by atoms with Gasteiger partial charge in [0.25, 0.3) is 11.8 Å². The zero-order valence-corrected chi connectivity index (χ0v) is 24.7. The Bertz CT molecular complexity index is 1830. The lowest BCUT2D eigenvalue weighted by Crippen LogP contribution is -2.27. The van der Waals surface area contributed by atoms with E-state index in [0.717, 1.165) is 5.56 Å². The average Bonchev–Trinajstić information content (AvgIpc) is 3.62. The molecule has 11 heteroatoms. The lowest BCUT2D eigenvalue weighted by Gasteiger charge is -2.18. The molecule has 6 rings (SSSR count). The van der Waals surface area contributed by atoms with Gasteiger partial charge in [0.05, 0.1) is 30.9 Å². The minimum atomic E-state index is -0.543. The highest BCUT2D eigenvalue weighted by Gasteiger charge is 2.27. The van der Waals surface area contributed by atoms with Gasteiger partial charge in [0, 0.05) is 36.3 Å². The van der Waals surface area contributed by atoms with Crippen molar-refractivity contribution in [3.63, 3.8) is 0 Å². The number of ether oxygens (including phenoxy) is 1. The predicted molar refractivity (Wildman–Crippen MR) is 169 cm³/mol. The van der Waals surface area contributed by atoms with Gasteiger partial charge in [0.1, 0.15) is 17.3 Å². The van der Waals surface area contributed by atoms with Gasteiger partial charge in [-0.25, -0.2) is 14.2 Å². The van der Waals surface area contributed by atoms with E-state index in [1.54, 1.807) is 58.3 Å². The fourth-order valence-electron chi connectivity index (χ4n) is 5.22. The molecule has 4 aromatic rings. The van der Waals surface area contributed by atoms with Crippen LogP contribution in [0.25, 0.3) is 0 Å². The number of anilines is 1. The van der Waals surface area contributed by atoms with E-state index in [0.29, 0.717) is 42.4 Å². The summed E-state index contributed by atoms with van der Waals surface area (Å²) in [5.41, 5.74) is 2.75. The maximum atomic E-state index is 14.0. The molecule has 0 aliphatic carbocycles. The number of carbonyl (C=O) groups is 4. The van der Waals surface area contributed by atoms with E-state index in [1.807, 2.05) is 30.3 Å². The summed E-state index contributed by atoms with van der Waals surface area (Å²) in [7, 11) is 0. The summed E-state index contributed by atoms with van der Waals surface area (Å²) in [5, 5.41) is 5.31. The van der Waals surface area contributed by atoms with Crippen molar-refractivity contribution in [3.05, 3.63) is 125 Å². The van der Waals surface area contributed by atoms with E-state index in [1.165, 1.54) is 18.2 Å². The van der Waals surface area contributed by atoms with E-state index in [2.05, 4.69) is 15.6 Å². The standard InChI is InChI=1S/C35H30FN5O5/c36-29-8-4-5-9-30(29)39-33(43)24-12-14-28(15-13-24)46-31-18-25(10-11-26(31)21-40-17-16-37-35(40)45)34(44)38-27-19-32(42)41(22-27)20-23-6-2-1-3-7-23/h1-15,18H,16-17,19-22H2,(H,37,45)(H,39,43). The van der Waals surface area contributed by atoms with E-state index in [4.69, 9.17) is 4.74 Å². The first-order valence-corrected chi connectivity index (χ1v) is 14.7. The van der Waals surface area contributed by atoms with Crippen LogP contribution in [0.15, 0.2) is 102 Å². The number of amides is 5. The fraction of sp³-hybridized carbons (Fsp3) is 0.171. The number of rotatable bonds is 9. The molecule has 0 atom stereocenters. The lowest BCUT2D eigenvalue weighted by molar-refractivity contribution is -0.128. The number of likely N-dealkylation sites (tertiary alicyclic amines) is 1. The highest BCUT2D eigenvalue weighted by molar-refractivity contribution is 6.13. The van der Waals surface area contributed by atoms with Gasteiger partial charge in [0.2, 0.25) is 5.91 Å². The number of carbonyl (C=O) groups excluding carboxylic acids is 4. The van der Waals surface area contributed by atoms with Crippen LogP contribution in [0.4, 0.5) is 14.9 Å². The summed E-state index contributed by atoms with van der Waals surface area (Å²) in [6.45, 7) is 2.00. The van der Waals surface area contributed by atoms with Crippen molar-refractivity contribution in [3.8, 4) is 11.5 Å². The molecule has 46 heavy (non-hydrogen) atoms. The van der Waals surface area contributed by atoms with Crippen molar-refractivity contribution in [2.45, 2.75) is 19.5 Å². The number of nitrogens with one attached hydrogen (secondary N) is 2. The summed E-state index contributed by atoms with van der Waals surface area (Å²) in [6.07, 6.45) is 0.0704. The third-order valence-electron chi connectivity index (χ3n) is 7.64. The second-order valence-corrected chi connectivity index (χ2v) is 10.9. The Hall–Kier alpha value is -5.84. The van der Waals surface area contributed by atoms with Crippen LogP contribution in [0.1, 0.15) is 38.3 Å². The average molecular weight is 620 g/mol. The molecule has 10 nitrogen and oxygen atoms in total. The van der Waals surface area contributed by atoms with E-state index < -0.39 is 17.6 Å². The maximum Gasteiger partial charge on any atom is 0.317 e. The highest BCUT2D eigenvalue weighted by atomic mass is 19.1. The minimum absolute atomic E-state index is 0.0688. The molecular formula is C35H30FN5O5. The summed E-state index contributed by atoms with van der Waals surface area (Å²) >= 11 is 0. The first-order chi connectivity index (χ1) is 22.3. The third-order valence-corrected chi connectivity index (χ3v) is 7.64. The Balaban J connectivity index is 1.19. The van der Waals surface area contributed by atoms with Crippen molar-refractivity contribution < 1.29 is 28.3 Å². The topological polar surface area (TPSA) is 120 Å². The van der Waals surface area contributed by atoms with Gasteiger partial charge in [-0.05, 0) is 54.1 Å². The van der Waals surface area contributed by atoms with Crippen LogP contribution >= 0.6 is 0 Å². The quantitative estimate of drug-likeness (QED) is 0.260. The Morgan fingerprint density at radius 2 is 1.61 bits per heavy atom. The van der Waals surface area contributed by atoms with Crippen molar-refractivity contribution in [1.29, 1.82) is 0 Å². The summed E-state index contributed by atoms with van der Waals surface area (Å²) in [6, 6.07) is 26.4. The first kappa shape index (κ1) is 30.2. The zero-order valence-electron chi connectivity index (χ0n) is 24.7.